The van der Waals surface area contributed by atoms with Gasteiger partial charge in [0.1, 0.15) is 0 Å². The largest absolute Gasteiger partial charge is 0.313 e. The monoisotopic (exact) mass is 292 g/mol. The van der Waals surface area contributed by atoms with Crippen molar-refractivity contribution in [1.29, 1.82) is 0 Å². The van der Waals surface area contributed by atoms with Crippen LogP contribution in [-0.4, -0.2) is 55.7 Å². The first-order valence-electron chi connectivity index (χ1n) is 6.86. The van der Waals surface area contributed by atoms with Crippen LogP contribution < -0.4 is 5.32 Å². The third-order valence-electron chi connectivity index (χ3n) is 3.95. The minimum absolute atomic E-state index is 0.169. The Kier molecular flexibility index (Phi) is 5.35. The van der Waals surface area contributed by atoms with Crippen LogP contribution in [0.5, 0.6) is 0 Å². The van der Waals surface area contributed by atoms with Crippen LogP contribution in [0.1, 0.15) is 32.1 Å². The van der Waals surface area contributed by atoms with Crippen LogP contribution in [0, 0.1) is 0 Å². The molecule has 1 N–H and O–H groups in total. The average molecular weight is 292 g/mol. The number of piperidine rings is 2. The van der Waals surface area contributed by atoms with Gasteiger partial charge in [0.2, 0.25) is 10.0 Å². The molecule has 1 atom stereocenters. The van der Waals surface area contributed by atoms with Crippen LogP contribution in [0.3, 0.4) is 0 Å². The van der Waals surface area contributed by atoms with E-state index in [4.69, 9.17) is 0 Å². The van der Waals surface area contributed by atoms with E-state index in [9.17, 15) is 8.42 Å². The Balaban J connectivity index is 1.86. The van der Waals surface area contributed by atoms with Crippen LogP contribution in [0.2, 0.25) is 0 Å². The molecule has 2 aliphatic rings. The third-order valence-corrected chi connectivity index (χ3v) is 7.07. The molecule has 0 aliphatic carbocycles. The highest BCUT2D eigenvalue weighted by molar-refractivity contribution is 7.99. The van der Waals surface area contributed by atoms with Crippen LogP contribution in [0.4, 0.5) is 0 Å². The summed E-state index contributed by atoms with van der Waals surface area (Å²) >= 11 is 1.86. The molecule has 6 heteroatoms. The van der Waals surface area contributed by atoms with Crippen molar-refractivity contribution < 1.29 is 8.42 Å². The Hall–Kier alpha value is 0.220. The lowest BCUT2D eigenvalue weighted by Crippen LogP contribution is -2.46. The van der Waals surface area contributed by atoms with Crippen molar-refractivity contribution in [3.8, 4) is 0 Å². The second-order valence-corrected chi connectivity index (χ2v) is 8.41. The molecule has 0 aromatic heterocycles. The molecule has 0 radical (unpaired) electrons. The van der Waals surface area contributed by atoms with Crippen LogP contribution in [0.25, 0.3) is 0 Å². The van der Waals surface area contributed by atoms with Gasteiger partial charge in [-0.15, -0.1) is 0 Å². The van der Waals surface area contributed by atoms with Crippen LogP contribution in [-0.2, 0) is 10.0 Å². The van der Waals surface area contributed by atoms with E-state index in [0.29, 0.717) is 18.3 Å². The zero-order valence-electron chi connectivity index (χ0n) is 11.1. The van der Waals surface area contributed by atoms with Crippen molar-refractivity contribution >= 4 is 21.8 Å². The van der Waals surface area contributed by atoms with E-state index in [0.717, 1.165) is 32.2 Å². The van der Waals surface area contributed by atoms with Gasteiger partial charge in [-0.2, -0.15) is 11.8 Å². The molecule has 18 heavy (non-hydrogen) atoms. The van der Waals surface area contributed by atoms with Gasteiger partial charge in [-0.25, -0.2) is 12.7 Å². The van der Waals surface area contributed by atoms with Gasteiger partial charge in [-0.1, -0.05) is 6.42 Å². The van der Waals surface area contributed by atoms with E-state index >= 15 is 0 Å². The molecule has 2 heterocycles. The van der Waals surface area contributed by atoms with Crippen LogP contribution >= 0.6 is 11.8 Å². The minimum atomic E-state index is -3.05. The quantitative estimate of drug-likeness (QED) is 0.848. The lowest BCUT2D eigenvalue weighted by atomic mass is 10.1. The van der Waals surface area contributed by atoms with E-state index in [-0.39, 0.29) is 11.8 Å². The summed E-state index contributed by atoms with van der Waals surface area (Å²) in [5, 5.41) is 3.97. The predicted molar refractivity (Wildman–Crippen MR) is 77.5 cm³/mol. The molecule has 0 aromatic carbocycles. The van der Waals surface area contributed by atoms with E-state index in [1.54, 1.807) is 4.31 Å². The van der Waals surface area contributed by atoms with Crippen LogP contribution in [0.15, 0.2) is 0 Å². The summed E-state index contributed by atoms with van der Waals surface area (Å²) in [6, 6.07) is 0.169. The summed E-state index contributed by atoms with van der Waals surface area (Å²) in [7, 11) is -3.05. The summed E-state index contributed by atoms with van der Waals surface area (Å²) in [5.41, 5.74) is 0. The number of thioether (sulfide) groups is 1. The van der Waals surface area contributed by atoms with Gasteiger partial charge >= 0.3 is 0 Å². The van der Waals surface area contributed by atoms with Crippen molar-refractivity contribution in [2.24, 2.45) is 0 Å². The Bertz CT molecular complexity index is 345. The van der Waals surface area contributed by atoms with Crippen molar-refractivity contribution in [2.75, 3.05) is 31.6 Å². The fraction of sp³-hybridized carbons (Fsp3) is 1.00. The Morgan fingerprint density at radius 2 is 1.94 bits per heavy atom. The van der Waals surface area contributed by atoms with Crippen molar-refractivity contribution in [3.63, 3.8) is 0 Å². The zero-order chi connectivity index (χ0) is 13.0. The first-order valence-corrected chi connectivity index (χ1v) is 9.75. The number of sulfonamides is 1. The van der Waals surface area contributed by atoms with Crippen molar-refractivity contribution in [2.45, 2.75) is 43.4 Å². The predicted octanol–water partition coefficient (Wildman–Crippen LogP) is 1.29. The fourth-order valence-electron chi connectivity index (χ4n) is 2.77. The van der Waals surface area contributed by atoms with Gasteiger partial charge < -0.3 is 5.32 Å². The maximum Gasteiger partial charge on any atom is 0.215 e. The maximum atomic E-state index is 12.3. The standard InChI is InChI=1S/C12H24N2O2S2/c1-17-12-5-8-14(9-6-12)18(15,16)10-11-4-2-3-7-13-11/h11-13H,2-10H2,1H3. The summed E-state index contributed by atoms with van der Waals surface area (Å²) < 4.78 is 26.4. The Morgan fingerprint density at radius 3 is 2.50 bits per heavy atom. The molecular formula is C12H24N2O2S2. The van der Waals surface area contributed by atoms with E-state index in [2.05, 4.69) is 11.6 Å². The Labute approximate surface area is 115 Å². The second kappa shape index (κ2) is 6.59. The number of hydrogen-bond donors (Lipinski definition) is 1. The molecule has 0 amide bonds. The molecule has 106 valence electrons. The van der Waals surface area contributed by atoms with Crippen molar-refractivity contribution in [3.05, 3.63) is 0 Å². The summed E-state index contributed by atoms with van der Waals surface area (Å²) in [5.74, 6) is 0.289. The molecule has 0 bridgehead atoms. The number of rotatable bonds is 4. The van der Waals surface area contributed by atoms with Gasteiger partial charge in [0, 0.05) is 24.4 Å². The fourth-order valence-corrected chi connectivity index (χ4v) is 5.23. The first kappa shape index (κ1) is 14.6. The molecule has 2 fully saturated rings. The summed E-state index contributed by atoms with van der Waals surface area (Å²) in [6.07, 6.45) is 7.44. The Morgan fingerprint density at radius 1 is 1.22 bits per heavy atom. The van der Waals surface area contributed by atoms with Gasteiger partial charge in [0.05, 0.1) is 5.75 Å². The summed E-state index contributed by atoms with van der Waals surface area (Å²) in [4.78, 5) is 0. The minimum Gasteiger partial charge on any atom is -0.313 e. The topological polar surface area (TPSA) is 49.4 Å². The van der Waals surface area contributed by atoms with E-state index < -0.39 is 10.0 Å². The lowest BCUT2D eigenvalue weighted by Gasteiger charge is -2.32. The number of hydrogen-bond acceptors (Lipinski definition) is 4. The zero-order valence-corrected chi connectivity index (χ0v) is 12.7. The summed E-state index contributed by atoms with van der Waals surface area (Å²) in [6.45, 7) is 2.38. The van der Waals surface area contributed by atoms with Crippen molar-refractivity contribution in [1.82, 2.24) is 9.62 Å². The molecule has 2 aliphatic heterocycles. The average Bonchev–Trinajstić information content (AvgIpc) is 2.39. The molecule has 1 unspecified atom stereocenters. The van der Waals surface area contributed by atoms with Gasteiger partial charge in [0.25, 0.3) is 0 Å². The SMILES string of the molecule is CSC1CCN(S(=O)(=O)CC2CCCCN2)CC1. The first-order chi connectivity index (χ1) is 8.62. The third kappa shape index (κ3) is 3.85. The second-order valence-electron chi connectivity index (χ2n) is 5.26. The number of nitrogens with one attached hydrogen (secondary N) is 1. The lowest BCUT2D eigenvalue weighted by molar-refractivity contribution is 0.345. The molecule has 2 rings (SSSR count). The normalized spacial score (nSPS) is 28.4. The molecule has 0 aromatic rings. The molecule has 4 nitrogen and oxygen atoms in total. The maximum absolute atomic E-state index is 12.3. The highest BCUT2D eigenvalue weighted by Crippen LogP contribution is 2.23. The molecular weight excluding hydrogens is 268 g/mol. The highest BCUT2D eigenvalue weighted by Gasteiger charge is 2.30. The smallest absolute Gasteiger partial charge is 0.215 e. The highest BCUT2D eigenvalue weighted by atomic mass is 32.2. The van der Waals surface area contributed by atoms with E-state index in [1.165, 1.54) is 6.42 Å². The van der Waals surface area contributed by atoms with Gasteiger partial charge in [-0.05, 0) is 38.5 Å². The van der Waals surface area contributed by atoms with E-state index in [1.807, 2.05) is 11.8 Å². The van der Waals surface area contributed by atoms with Gasteiger partial charge in [-0.3, -0.25) is 0 Å². The molecule has 2 saturated heterocycles. The molecule has 0 saturated carbocycles. The number of nitrogens with zero attached hydrogens (tertiary/aromatic N) is 1. The molecule has 0 spiro atoms. The van der Waals surface area contributed by atoms with Gasteiger partial charge in [0.15, 0.2) is 0 Å².